The molecule has 0 bridgehead atoms. The van der Waals surface area contributed by atoms with Gasteiger partial charge in [0.15, 0.2) is 0 Å². The molecule has 7 heteroatoms. The van der Waals surface area contributed by atoms with E-state index in [-0.39, 0.29) is 6.54 Å². The molecule has 27 heavy (non-hydrogen) atoms. The molecule has 0 aliphatic carbocycles. The third kappa shape index (κ3) is 5.04. The largest absolute Gasteiger partial charge is 0.383 e. The van der Waals surface area contributed by atoms with E-state index in [0.717, 1.165) is 22.6 Å². The van der Waals surface area contributed by atoms with Gasteiger partial charge in [0, 0.05) is 36.3 Å². The Balaban J connectivity index is 2.12. The van der Waals surface area contributed by atoms with E-state index >= 15 is 0 Å². The number of carbonyl (C=O) groups is 2. The number of carbonyl (C=O) groups excluding carboxylic acids is 2. The first-order chi connectivity index (χ1) is 12.8. The van der Waals surface area contributed by atoms with E-state index in [1.807, 2.05) is 19.9 Å². The molecule has 0 saturated heterocycles. The number of amides is 2. The quantitative estimate of drug-likeness (QED) is 0.353. The molecule has 0 atom stereocenters. The van der Waals surface area contributed by atoms with Gasteiger partial charge in [-0.3, -0.25) is 9.59 Å². The summed E-state index contributed by atoms with van der Waals surface area (Å²) in [5.41, 5.74) is 8.65. The van der Waals surface area contributed by atoms with Gasteiger partial charge in [0.05, 0.1) is 12.8 Å². The minimum atomic E-state index is -0.814. The lowest BCUT2D eigenvalue weighted by atomic mass is 10.1. The highest BCUT2D eigenvalue weighted by atomic mass is 16.5. The number of ether oxygens (including phenoxy) is 1. The number of hydrogen-bond acceptors (Lipinski definition) is 4. The molecule has 1 aromatic heterocycles. The zero-order valence-corrected chi connectivity index (χ0v) is 16.4. The van der Waals surface area contributed by atoms with Crippen LogP contribution < -0.4 is 10.7 Å². The number of aromatic nitrogens is 1. The van der Waals surface area contributed by atoms with Crippen molar-refractivity contribution in [3.63, 3.8) is 0 Å². The van der Waals surface area contributed by atoms with Crippen LogP contribution in [0.1, 0.15) is 28.1 Å². The fourth-order valence-corrected chi connectivity index (χ4v) is 2.81. The summed E-state index contributed by atoms with van der Waals surface area (Å²) in [4.78, 5) is 23.3. The maximum atomic E-state index is 11.7. The SMILES string of the molecule is COCCNC(=O)C(=O)N/N=C\c1cc(C)n(-c2cc(C)ccc2C)c1C. The molecule has 2 amide bonds. The molecular formula is C20H26N4O3. The average Bonchev–Trinajstić information content (AvgIpc) is 2.91. The normalized spacial score (nSPS) is 11.0. The van der Waals surface area contributed by atoms with Crippen molar-refractivity contribution in [1.29, 1.82) is 0 Å². The van der Waals surface area contributed by atoms with Crippen LogP contribution in [-0.4, -0.2) is 42.9 Å². The summed E-state index contributed by atoms with van der Waals surface area (Å²) in [6.07, 6.45) is 1.55. The van der Waals surface area contributed by atoms with Crippen LogP contribution in [0.25, 0.3) is 5.69 Å². The van der Waals surface area contributed by atoms with Crippen LogP contribution in [0.3, 0.4) is 0 Å². The number of methoxy groups -OCH3 is 1. The van der Waals surface area contributed by atoms with Crippen LogP contribution in [0.15, 0.2) is 29.4 Å². The van der Waals surface area contributed by atoms with E-state index in [4.69, 9.17) is 4.74 Å². The van der Waals surface area contributed by atoms with E-state index in [9.17, 15) is 9.59 Å². The molecule has 0 aliphatic rings. The topological polar surface area (TPSA) is 84.7 Å². The molecule has 1 aromatic carbocycles. The Morgan fingerprint density at radius 2 is 1.89 bits per heavy atom. The van der Waals surface area contributed by atoms with E-state index < -0.39 is 11.8 Å². The molecule has 2 aromatic rings. The monoisotopic (exact) mass is 370 g/mol. The molecule has 0 saturated carbocycles. The number of hydrazone groups is 1. The maximum Gasteiger partial charge on any atom is 0.329 e. The second kappa shape index (κ2) is 9.14. The summed E-state index contributed by atoms with van der Waals surface area (Å²) in [6.45, 7) is 8.76. The fraction of sp³-hybridized carbons (Fsp3) is 0.350. The smallest absolute Gasteiger partial charge is 0.329 e. The van der Waals surface area contributed by atoms with Gasteiger partial charge >= 0.3 is 11.8 Å². The Hall–Kier alpha value is -2.93. The minimum absolute atomic E-state index is 0.267. The zero-order valence-electron chi connectivity index (χ0n) is 16.4. The van der Waals surface area contributed by atoms with Crippen molar-refractivity contribution in [2.45, 2.75) is 27.7 Å². The van der Waals surface area contributed by atoms with Crippen LogP contribution in [-0.2, 0) is 14.3 Å². The Morgan fingerprint density at radius 1 is 1.15 bits per heavy atom. The van der Waals surface area contributed by atoms with Crippen molar-refractivity contribution < 1.29 is 14.3 Å². The molecule has 2 rings (SSSR count). The number of hydrogen-bond donors (Lipinski definition) is 2. The number of aryl methyl sites for hydroxylation is 3. The fourth-order valence-electron chi connectivity index (χ4n) is 2.81. The van der Waals surface area contributed by atoms with Gasteiger partial charge in [-0.25, -0.2) is 5.43 Å². The highest BCUT2D eigenvalue weighted by Gasteiger charge is 2.13. The van der Waals surface area contributed by atoms with E-state index in [1.54, 1.807) is 6.21 Å². The summed E-state index contributed by atoms with van der Waals surface area (Å²) in [6, 6.07) is 8.32. The second-order valence-electron chi connectivity index (χ2n) is 6.40. The molecule has 0 spiro atoms. The number of rotatable bonds is 6. The molecule has 2 N–H and O–H groups in total. The number of nitrogens with one attached hydrogen (secondary N) is 2. The van der Waals surface area contributed by atoms with Gasteiger partial charge in [-0.15, -0.1) is 0 Å². The zero-order chi connectivity index (χ0) is 20.0. The van der Waals surface area contributed by atoms with Crippen molar-refractivity contribution >= 4 is 18.0 Å². The van der Waals surface area contributed by atoms with Crippen molar-refractivity contribution in [3.8, 4) is 5.69 Å². The third-order valence-electron chi connectivity index (χ3n) is 4.24. The predicted octanol–water partition coefficient (Wildman–Crippen LogP) is 1.92. The maximum absolute atomic E-state index is 11.7. The summed E-state index contributed by atoms with van der Waals surface area (Å²) in [5.74, 6) is -1.56. The molecule has 0 aliphatic heterocycles. The Kier molecular flexibility index (Phi) is 6.90. The molecular weight excluding hydrogens is 344 g/mol. The van der Waals surface area contributed by atoms with Gasteiger partial charge in [-0.1, -0.05) is 12.1 Å². The lowest BCUT2D eigenvalue weighted by molar-refractivity contribution is -0.139. The van der Waals surface area contributed by atoms with Crippen LogP contribution in [0.2, 0.25) is 0 Å². The molecule has 7 nitrogen and oxygen atoms in total. The number of nitrogens with zero attached hydrogens (tertiary/aromatic N) is 2. The van der Waals surface area contributed by atoms with Crippen molar-refractivity contribution in [3.05, 3.63) is 52.3 Å². The van der Waals surface area contributed by atoms with Gasteiger partial charge in [-0.05, 0) is 51.0 Å². The van der Waals surface area contributed by atoms with Crippen LogP contribution >= 0.6 is 0 Å². The lowest BCUT2D eigenvalue weighted by Crippen LogP contribution is -2.39. The third-order valence-corrected chi connectivity index (χ3v) is 4.24. The number of benzene rings is 1. The van der Waals surface area contributed by atoms with Gasteiger partial charge in [0.25, 0.3) is 0 Å². The van der Waals surface area contributed by atoms with E-state index in [2.05, 4.69) is 52.5 Å². The first kappa shape index (κ1) is 20.4. The van der Waals surface area contributed by atoms with Gasteiger partial charge in [0.2, 0.25) is 0 Å². The van der Waals surface area contributed by atoms with Crippen molar-refractivity contribution in [2.75, 3.05) is 20.3 Å². The minimum Gasteiger partial charge on any atom is -0.383 e. The standard InChI is InChI=1S/C20H26N4O3/c1-13-6-7-14(2)18(10-13)24-15(3)11-17(16(24)4)12-22-23-20(26)19(25)21-8-9-27-5/h6-7,10-12H,8-9H2,1-5H3,(H,21,25)(H,23,26)/b22-12-. The van der Waals surface area contributed by atoms with Gasteiger partial charge in [0.1, 0.15) is 0 Å². The molecule has 0 radical (unpaired) electrons. The van der Waals surface area contributed by atoms with Gasteiger partial charge < -0.3 is 14.6 Å². The van der Waals surface area contributed by atoms with Crippen LogP contribution in [0.5, 0.6) is 0 Å². The highest BCUT2D eigenvalue weighted by Crippen LogP contribution is 2.23. The molecule has 0 unspecified atom stereocenters. The summed E-state index contributed by atoms with van der Waals surface area (Å²) >= 11 is 0. The summed E-state index contributed by atoms with van der Waals surface area (Å²) in [5, 5.41) is 6.35. The van der Waals surface area contributed by atoms with Crippen LogP contribution in [0.4, 0.5) is 0 Å². The first-order valence-corrected chi connectivity index (χ1v) is 8.72. The van der Waals surface area contributed by atoms with E-state index in [0.29, 0.717) is 6.61 Å². The Labute approximate surface area is 159 Å². The second-order valence-corrected chi connectivity index (χ2v) is 6.40. The Morgan fingerprint density at radius 3 is 2.59 bits per heavy atom. The Bertz CT molecular complexity index is 868. The molecule has 0 fully saturated rings. The molecule has 1 heterocycles. The van der Waals surface area contributed by atoms with Crippen LogP contribution in [0, 0.1) is 27.7 Å². The summed E-state index contributed by atoms with van der Waals surface area (Å²) in [7, 11) is 1.52. The highest BCUT2D eigenvalue weighted by molar-refractivity contribution is 6.35. The first-order valence-electron chi connectivity index (χ1n) is 8.72. The molecule has 144 valence electrons. The van der Waals surface area contributed by atoms with Crippen molar-refractivity contribution in [1.82, 2.24) is 15.3 Å². The average molecular weight is 370 g/mol. The lowest BCUT2D eigenvalue weighted by Gasteiger charge is -2.13. The van der Waals surface area contributed by atoms with Gasteiger partial charge in [-0.2, -0.15) is 5.10 Å². The predicted molar refractivity (Wildman–Crippen MR) is 105 cm³/mol. The van der Waals surface area contributed by atoms with E-state index in [1.165, 1.54) is 18.2 Å². The van der Waals surface area contributed by atoms with Crippen molar-refractivity contribution in [2.24, 2.45) is 5.10 Å². The summed E-state index contributed by atoms with van der Waals surface area (Å²) < 4.78 is 6.97.